The quantitative estimate of drug-likeness (QED) is 0.484. The fourth-order valence-corrected chi connectivity index (χ4v) is 3.22. The van der Waals surface area contributed by atoms with E-state index in [1.807, 2.05) is 4.98 Å². The summed E-state index contributed by atoms with van der Waals surface area (Å²) in [5.74, 6) is -1.22. The predicted molar refractivity (Wildman–Crippen MR) is 112 cm³/mol. The van der Waals surface area contributed by atoms with Gasteiger partial charge in [-0.25, -0.2) is 22.8 Å². The Morgan fingerprint density at radius 1 is 1.18 bits per heavy atom. The van der Waals surface area contributed by atoms with E-state index in [1.165, 1.54) is 0 Å². The van der Waals surface area contributed by atoms with Crippen LogP contribution in [0.1, 0.15) is 6.04 Å². The molecule has 0 radical (unpaired) electrons. The number of halogens is 5. The van der Waals surface area contributed by atoms with E-state index < -0.39 is 47.9 Å². The summed E-state index contributed by atoms with van der Waals surface area (Å²) in [5, 5.41) is 3.15. The summed E-state index contributed by atoms with van der Waals surface area (Å²) in [6.45, 7) is -1.50. The second-order valence-corrected chi connectivity index (χ2v) is 7.22. The summed E-state index contributed by atoms with van der Waals surface area (Å²) in [4.78, 5) is 48.4. The van der Waals surface area contributed by atoms with Gasteiger partial charge >= 0.3 is 23.2 Å². The highest BCUT2D eigenvalue weighted by molar-refractivity contribution is 6.37. The van der Waals surface area contributed by atoms with Crippen LogP contribution in [0, 0.1) is 0 Å². The number of ether oxygens (including phenoxy) is 2. The summed E-state index contributed by atoms with van der Waals surface area (Å²) in [7, 11) is 0. The zero-order valence-corrected chi connectivity index (χ0v) is 18.0. The van der Waals surface area contributed by atoms with Gasteiger partial charge in [-0.05, 0) is 18.2 Å². The molecule has 0 spiro atoms. The van der Waals surface area contributed by atoms with E-state index in [1.54, 1.807) is 0 Å². The van der Waals surface area contributed by atoms with Crippen LogP contribution in [0.2, 0.25) is 10.0 Å². The molecule has 0 bridgehead atoms. The number of alkyl halides is 3. The predicted octanol–water partition coefficient (Wildman–Crippen LogP) is 2.41. The fraction of sp³-hybridized carbons (Fsp3) is 0.167. The van der Waals surface area contributed by atoms with Crippen LogP contribution >= 0.6 is 23.2 Å². The zero-order valence-electron chi connectivity index (χ0n) is 16.5. The Balaban J connectivity index is 2.01. The van der Waals surface area contributed by atoms with Gasteiger partial charge in [0.05, 0.1) is 21.9 Å². The molecule has 0 saturated heterocycles. The van der Waals surface area contributed by atoms with Crippen molar-refractivity contribution in [3.05, 3.63) is 71.7 Å². The zero-order chi connectivity index (χ0) is 25.2. The van der Waals surface area contributed by atoms with E-state index in [0.717, 1.165) is 30.5 Å². The maximum Gasteiger partial charge on any atom is 0.411 e. The molecule has 34 heavy (non-hydrogen) atoms. The maximum atomic E-state index is 13.0. The second kappa shape index (κ2) is 10.0. The van der Waals surface area contributed by atoms with Crippen molar-refractivity contribution in [3.8, 4) is 23.1 Å². The lowest BCUT2D eigenvalue weighted by atomic mass is 10.3. The first kappa shape index (κ1) is 24.9. The van der Waals surface area contributed by atoms with E-state index in [4.69, 9.17) is 33.7 Å². The number of nitrogens with one attached hydrogen (secondary N) is 1. The number of carbonyl (C=O) groups excluding carboxylic acids is 1. The first-order valence-corrected chi connectivity index (χ1v) is 9.72. The third kappa shape index (κ3) is 5.23. The van der Waals surface area contributed by atoms with Crippen molar-refractivity contribution in [2.75, 3.05) is 6.67 Å². The minimum Gasteiger partial charge on any atom is -0.453 e. The van der Waals surface area contributed by atoms with Crippen LogP contribution in [0.3, 0.4) is 0 Å². The van der Waals surface area contributed by atoms with E-state index >= 15 is 0 Å². The molecule has 16 heteroatoms. The molecule has 180 valence electrons. The highest BCUT2D eigenvalue weighted by Gasteiger charge is 2.24. The first-order valence-electron chi connectivity index (χ1n) is 8.96. The van der Waals surface area contributed by atoms with Gasteiger partial charge in [-0.15, -0.1) is 5.10 Å². The van der Waals surface area contributed by atoms with Crippen LogP contribution in [0.25, 0.3) is 5.69 Å². The summed E-state index contributed by atoms with van der Waals surface area (Å²) in [6.07, 6.45) is -3.65. The van der Waals surface area contributed by atoms with Crippen LogP contribution in [0.5, 0.6) is 17.4 Å². The minimum atomic E-state index is -3.16. The molecule has 1 amide bonds. The molecular formula is C18H12Cl2F3N5O6. The number of benzene rings is 1. The smallest absolute Gasteiger partial charge is 0.411 e. The van der Waals surface area contributed by atoms with Crippen LogP contribution in [-0.2, 0) is 0 Å². The number of pyridine rings is 1. The third-order valence-electron chi connectivity index (χ3n) is 4.16. The molecule has 0 aliphatic carbocycles. The Labute approximate surface area is 196 Å². The molecule has 1 aromatic carbocycles. The Hall–Kier alpha value is -3.78. The highest BCUT2D eigenvalue weighted by atomic mass is 35.5. The van der Waals surface area contributed by atoms with Crippen molar-refractivity contribution in [1.29, 1.82) is 0 Å². The number of rotatable bonds is 7. The second-order valence-electron chi connectivity index (χ2n) is 6.40. The van der Waals surface area contributed by atoms with E-state index in [9.17, 15) is 32.3 Å². The number of nitrogens with zero attached hydrogens (tertiary/aromatic N) is 3. The number of primary amides is 1. The summed E-state index contributed by atoms with van der Waals surface area (Å²) >= 11 is 12.4. The Morgan fingerprint density at radius 2 is 1.82 bits per heavy atom. The van der Waals surface area contributed by atoms with Gasteiger partial charge < -0.3 is 19.8 Å². The summed E-state index contributed by atoms with van der Waals surface area (Å²) in [5.41, 5.74) is 1.69. The van der Waals surface area contributed by atoms with Gasteiger partial charge in [-0.1, -0.05) is 23.2 Å². The SMILES string of the molecule is NC(=O)Oc1nn(-c2cc(Cl)c(Oc3ccc(=O)n(C(CF)C(F)F)c3)c(Cl)c2)c(=O)[nH]c1=O. The van der Waals surface area contributed by atoms with Gasteiger partial charge in [0.25, 0.3) is 12.0 Å². The van der Waals surface area contributed by atoms with Gasteiger partial charge in [0.1, 0.15) is 18.5 Å². The van der Waals surface area contributed by atoms with Crippen molar-refractivity contribution in [2.24, 2.45) is 5.73 Å². The molecule has 2 heterocycles. The number of aromatic amines is 1. The molecule has 0 aliphatic heterocycles. The minimum absolute atomic E-state index is 0.0990. The molecule has 2 aromatic heterocycles. The third-order valence-corrected chi connectivity index (χ3v) is 4.72. The number of H-pyrrole nitrogens is 1. The van der Waals surface area contributed by atoms with Crippen molar-refractivity contribution < 1.29 is 27.4 Å². The van der Waals surface area contributed by atoms with Gasteiger partial charge in [-0.3, -0.25) is 14.6 Å². The molecule has 11 nitrogen and oxygen atoms in total. The van der Waals surface area contributed by atoms with Gasteiger partial charge in [0.2, 0.25) is 0 Å². The number of aromatic nitrogens is 4. The molecule has 0 aliphatic rings. The van der Waals surface area contributed by atoms with Crippen molar-refractivity contribution in [3.63, 3.8) is 0 Å². The number of hydrogen-bond donors (Lipinski definition) is 2. The monoisotopic (exact) mass is 521 g/mol. The van der Waals surface area contributed by atoms with E-state index in [-0.39, 0.29) is 27.2 Å². The largest absolute Gasteiger partial charge is 0.453 e. The molecule has 1 unspecified atom stereocenters. The molecule has 3 N–H and O–H groups in total. The fourth-order valence-electron chi connectivity index (χ4n) is 2.67. The van der Waals surface area contributed by atoms with E-state index in [0.29, 0.717) is 9.25 Å². The van der Waals surface area contributed by atoms with E-state index in [2.05, 4.69) is 9.84 Å². The van der Waals surface area contributed by atoms with Gasteiger partial charge in [-0.2, -0.15) is 4.68 Å². The topological polar surface area (TPSA) is 151 Å². The average molecular weight is 522 g/mol. The lowest BCUT2D eigenvalue weighted by Crippen LogP contribution is -2.34. The standard InChI is InChI=1S/C18H12Cl2F3N5O6/c19-9-3-7(28-18(32)25-15(30)16(26-28)34-17(24)31)4-10(20)13(9)33-8-1-2-12(29)27(6-8)11(5-21)14(22)23/h1-4,6,11,14H,5H2,(H2,24,31)(H,25,30,32). The van der Waals surface area contributed by atoms with Crippen LogP contribution < -0.4 is 32.0 Å². The number of amides is 1. The van der Waals surface area contributed by atoms with Gasteiger partial charge in [0, 0.05) is 6.07 Å². The maximum absolute atomic E-state index is 13.0. The average Bonchev–Trinajstić information content (AvgIpc) is 2.74. The Bertz CT molecular complexity index is 1400. The Kier molecular flexibility index (Phi) is 7.32. The molecule has 3 rings (SSSR count). The van der Waals surface area contributed by atoms with Gasteiger partial charge in [0.15, 0.2) is 5.75 Å². The highest BCUT2D eigenvalue weighted by Crippen LogP contribution is 2.38. The lowest BCUT2D eigenvalue weighted by molar-refractivity contribution is 0.0665. The van der Waals surface area contributed by atoms with Crippen LogP contribution in [-0.4, -0.2) is 38.5 Å². The number of nitrogens with two attached hydrogens (primary N) is 1. The van der Waals surface area contributed by atoms with Crippen molar-refractivity contribution >= 4 is 29.3 Å². The van der Waals surface area contributed by atoms with Crippen molar-refractivity contribution in [2.45, 2.75) is 12.5 Å². The number of hydrogen-bond acceptors (Lipinski definition) is 7. The summed E-state index contributed by atoms with van der Waals surface area (Å²) in [6, 6.07) is 2.24. The lowest BCUT2D eigenvalue weighted by Gasteiger charge is -2.17. The van der Waals surface area contributed by atoms with Crippen LogP contribution in [0.15, 0.2) is 44.8 Å². The number of carbonyl (C=O) groups is 1. The Morgan fingerprint density at radius 3 is 2.38 bits per heavy atom. The molecule has 3 aromatic rings. The molecule has 0 saturated carbocycles. The van der Waals surface area contributed by atoms with Crippen LogP contribution in [0.4, 0.5) is 18.0 Å². The molecular weight excluding hydrogens is 510 g/mol. The van der Waals surface area contributed by atoms with Crippen molar-refractivity contribution in [1.82, 2.24) is 19.3 Å². The molecule has 1 atom stereocenters. The first-order chi connectivity index (χ1) is 16.0. The summed E-state index contributed by atoms with van der Waals surface area (Å²) < 4.78 is 50.1. The molecule has 0 fully saturated rings. The normalized spacial score (nSPS) is 11.9.